The van der Waals surface area contributed by atoms with E-state index in [1.54, 1.807) is 0 Å². The highest BCUT2D eigenvalue weighted by Gasteiger charge is 2.30. The topological polar surface area (TPSA) is 54.4 Å². The molecule has 1 aliphatic carbocycles. The largest absolute Gasteiger partial charge is 0.481 e. The molecule has 1 unspecified atom stereocenters. The summed E-state index contributed by atoms with van der Waals surface area (Å²) in [7, 11) is 0. The van der Waals surface area contributed by atoms with Gasteiger partial charge in [0.25, 0.3) is 0 Å². The standard InChI is InChI=1S/C8H6O3/c9-5-1-2-6-3-4-7(6)8(10)11/h7H,3-4H2,(H,10,11). The van der Waals surface area contributed by atoms with Gasteiger partial charge in [-0.15, -0.1) is 0 Å². The third-order valence-electron chi connectivity index (χ3n) is 1.70. The number of carbonyl (C=O) groups is 1. The maximum absolute atomic E-state index is 10.4. The Balaban J connectivity index is 2.87. The van der Waals surface area contributed by atoms with Crippen LogP contribution in [0, 0.1) is 5.92 Å². The first-order valence-electron chi connectivity index (χ1n) is 3.22. The van der Waals surface area contributed by atoms with Gasteiger partial charge < -0.3 is 5.11 Å². The van der Waals surface area contributed by atoms with Gasteiger partial charge in [0.05, 0.1) is 5.92 Å². The van der Waals surface area contributed by atoms with Crippen molar-refractivity contribution >= 4 is 11.9 Å². The molecule has 0 amide bonds. The molecule has 0 heterocycles. The van der Waals surface area contributed by atoms with Crippen LogP contribution < -0.4 is 0 Å². The van der Waals surface area contributed by atoms with Crippen molar-refractivity contribution in [1.82, 2.24) is 0 Å². The van der Waals surface area contributed by atoms with Crippen LogP contribution in [0.5, 0.6) is 0 Å². The second-order valence-corrected chi connectivity index (χ2v) is 2.31. The molecule has 56 valence electrons. The van der Waals surface area contributed by atoms with Crippen molar-refractivity contribution in [3.05, 3.63) is 17.0 Å². The normalized spacial score (nSPS) is 20.7. The maximum Gasteiger partial charge on any atom is 0.311 e. The van der Waals surface area contributed by atoms with Gasteiger partial charge in [0, 0.05) is 5.73 Å². The first kappa shape index (κ1) is 7.59. The van der Waals surface area contributed by atoms with Crippen molar-refractivity contribution in [3.63, 3.8) is 0 Å². The van der Waals surface area contributed by atoms with Gasteiger partial charge in [-0.1, -0.05) is 5.73 Å². The lowest BCUT2D eigenvalue weighted by atomic mass is 9.80. The first-order valence-corrected chi connectivity index (χ1v) is 3.22. The highest BCUT2D eigenvalue weighted by atomic mass is 16.4. The predicted octanol–water partition coefficient (Wildman–Crippen LogP) is 0.549. The number of carbonyl (C=O) groups excluding carboxylic acids is 1. The molecule has 0 aromatic rings. The Labute approximate surface area is 63.3 Å². The molecule has 1 saturated carbocycles. The highest BCUT2D eigenvalue weighted by molar-refractivity contribution is 5.75. The van der Waals surface area contributed by atoms with Crippen molar-refractivity contribution in [2.75, 3.05) is 0 Å². The number of hydrogen-bond donors (Lipinski definition) is 1. The van der Waals surface area contributed by atoms with Crippen LogP contribution in [0.1, 0.15) is 12.8 Å². The smallest absolute Gasteiger partial charge is 0.311 e. The minimum Gasteiger partial charge on any atom is -0.481 e. The summed E-state index contributed by atoms with van der Waals surface area (Å²) in [6.45, 7) is 0. The maximum atomic E-state index is 10.4. The fourth-order valence-corrected chi connectivity index (χ4v) is 0.961. The molecular weight excluding hydrogens is 144 g/mol. The molecule has 3 nitrogen and oxygen atoms in total. The van der Waals surface area contributed by atoms with Gasteiger partial charge >= 0.3 is 5.97 Å². The van der Waals surface area contributed by atoms with Gasteiger partial charge in [-0.25, -0.2) is 4.79 Å². The molecule has 1 rings (SSSR count). The minimum atomic E-state index is -0.855. The molecule has 1 aliphatic rings. The molecule has 0 radical (unpaired) electrons. The van der Waals surface area contributed by atoms with E-state index in [9.17, 15) is 9.59 Å². The van der Waals surface area contributed by atoms with Crippen LogP contribution in [0.15, 0.2) is 17.0 Å². The van der Waals surface area contributed by atoms with E-state index in [2.05, 4.69) is 11.5 Å². The third-order valence-corrected chi connectivity index (χ3v) is 1.70. The van der Waals surface area contributed by atoms with Crippen molar-refractivity contribution in [3.8, 4) is 0 Å². The van der Waals surface area contributed by atoms with E-state index in [-0.39, 0.29) is 0 Å². The summed E-state index contributed by atoms with van der Waals surface area (Å²) in [6, 6.07) is 0. The quantitative estimate of drug-likeness (QED) is 0.438. The van der Waals surface area contributed by atoms with Crippen molar-refractivity contribution in [2.45, 2.75) is 12.8 Å². The number of rotatable bonds is 1. The Morgan fingerprint density at radius 3 is 2.73 bits per heavy atom. The number of carboxylic acid groups (broad SMARTS) is 1. The average molecular weight is 150 g/mol. The highest BCUT2D eigenvalue weighted by Crippen LogP contribution is 2.32. The second kappa shape index (κ2) is 3.05. The molecule has 0 bridgehead atoms. The number of aliphatic carboxylic acids is 1. The Kier molecular flexibility index (Phi) is 2.10. The summed E-state index contributed by atoms with van der Waals surface area (Å²) in [5.74, 6) is 0.0980. The lowest BCUT2D eigenvalue weighted by Gasteiger charge is -2.22. The summed E-state index contributed by atoms with van der Waals surface area (Å²) in [5, 5.41) is 8.52. The fourth-order valence-electron chi connectivity index (χ4n) is 0.961. The van der Waals surface area contributed by atoms with Gasteiger partial charge in [-0.05, 0) is 18.4 Å². The third kappa shape index (κ3) is 1.49. The molecule has 1 N–H and O–H groups in total. The van der Waals surface area contributed by atoms with Crippen LogP contribution in [0.3, 0.4) is 0 Å². The van der Waals surface area contributed by atoms with Crippen molar-refractivity contribution < 1.29 is 14.7 Å². The van der Waals surface area contributed by atoms with E-state index >= 15 is 0 Å². The van der Waals surface area contributed by atoms with Crippen molar-refractivity contribution in [2.24, 2.45) is 5.92 Å². The molecule has 0 aromatic heterocycles. The molecule has 0 saturated heterocycles. The van der Waals surface area contributed by atoms with Crippen LogP contribution in [-0.2, 0) is 9.59 Å². The van der Waals surface area contributed by atoms with Gasteiger partial charge in [0.2, 0.25) is 0 Å². The molecule has 0 aromatic carbocycles. The summed E-state index contributed by atoms with van der Waals surface area (Å²) >= 11 is 0. The monoisotopic (exact) mass is 150 g/mol. The molecule has 1 fully saturated rings. The van der Waals surface area contributed by atoms with E-state index in [1.165, 1.54) is 5.94 Å². The lowest BCUT2D eigenvalue weighted by Crippen LogP contribution is -2.23. The predicted molar refractivity (Wildman–Crippen MR) is 36.6 cm³/mol. The zero-order chi connectivity index (χ0) is 8.27. The first-order chi connectivity index (χ1) is 5.25. The Morgan fingerprint density at radius 1 is 1.64 bits per heavy atom. The Bertz CT molecular complexity index is 297. The summed E-state index contributed by atoms with van der Waals surface area (Å²) < 4.78 is 0. The van der Waals surface area contributed by atoms with Crippen molar-refractivity contribution in [1.29, 1.82) is 0 Å². The van der Waals surface area contributed by atoms with Crippen LogP contribution in [-0.4, -0.2) is 17.0 Å². The zero-order valence-electron chi connectivity index (χ0n) is 5.76. The van der Waals surface area contributed by atoms with E-state index in [4.69, 9.17) is 5.11 Å². The number of carboxylic acids is 1. The van der Waals surface area contributed by atoms with Crippen LogP contribution in [0.25, 0.3) is 0 Å². The van der Waals surface area contributed by atoms with Gasteiger partial charge in [-0.3, -0.25) is 4.79 Å². The number of hydrogen-bond acceptors (Lipinski definition) is 2. The van der Waals surface area contributed by atoms with Crippen LogP contribution in [0.4, 0.5) is 0 Å². The zero-order valence-corrected chi connectivity index (χ0v) is 5.76. The van der Waals surface area contributed by atoms with E-state index in [0.29, 0.717) is 18.4 Å². The second-order valence-electron chi connectivity index (χ2n) is 2.31. The average Bonchev–Trinajstić information content (AvgIpc) is 1.84. The van der Waals surface area contributed by atoms with Gasteiger partial charge in [0.15, 0.2) is 5.94 Å². The molecule has 0 spiro atoms. The molecule has 3 heteroatoms. The van der Waals surface area contributed by atoms with Crippen LogP contribution in [0.2, 0.25) is 0 Å². The molecular formula is C8H6O3. The molecule has 0 aliphatic heterocycles. The lowest BCUT2D eigenvalue weighted by molar-refractivity contribution is -0.141. The van der Waals surface area contributed by atoms with E-state index < -0.39 is 11.9 Å². The van der Waals surface area contributed by atoms with E-state index in [1.807, 2.05) is 0 Å². The Morgan fingerprint density at radius 2 is 2.36 bits per heavy atom. The summed E-state index contributed by atoms with van der Waals surface area (Å²) in [6.07, 6.45) is 1.34. The summed E-state index contributed by atoms with van der Waals surface area (Å²) in [5.41, 5.74) is 5.18. The molecule has 1 atom stereocenters. The molecule has 11 heavy (non-hydrogen) atoms. The minimum absolute atomic E-state index is 0.448. The van der Waals surface area contributed by atoms with Gasteiger partial charge in [-0.2, -0.15) is 0 Å². The van der Waals surface area contributed by atoms with E-state index in [0.717, 1.165) is 0 Å². The van der Waals surface area contributed by atoms with Gasteiger partial charge in [0.1, 0.15) is 0 Å². The summed E-state index contributed by atoms with van der Waals surface area (Å²) in [4.78, 5) is 20.0. The SMILES string of the molecule is O=C=C=C=C1CCC1C(=O)O. The Hall–Kier alpha value is -1.52. The fraction of sp³-hybridized carbons (Fsp3) is 0.375. The van der Waals surface area contributed by atoms with Crippen LogP contribution >= 0.6 is 0 Å².